The lowest BCUT2D eigenvalue weighted by molar-refractivity contribution is -0.226. The van der Waals surface area contributed by atoms with E-state index in [0.29, 0.717) is 13.0 Å². The van der Waals surface area contributed by atoms with Gasteiger partial charge in [0, 0.05) is 20.4 Å². The van der Waals surface area contributed by atoms with Gasteiger partial charge in [0.05, 0.1) is 12.6 Å². The Bertz CT molecular complexity index is 767. The number of hydroxylamine groups is 2. The molecule has 0 unspecified atom stereocenters. The van der Waals surface area contributed by atoms with E-state index in [1.165, 1.54) is 17.3 Å². The number of benzene rings is 2. The first-order valence-corrected chi connectivity index (χ1v) is 12.0. The van der Waals surface area contributed by atoms with Crippen molar-refractivity contribution in [2.24, 2.45) is 0 Å². The Labute approximate surface area is 174 Å². The van der Waals surface area contributed by atoms with Gasteiger partial charge < -0.3 is 9.16 Å². The monoisotopic (exact) mass is 413 g/mol. The summed E-state index contributed by atoms with van der Waals surface area (Å²) in [6.07, 6.45) is 0.0409. The molecule has 0 radical (unpaired) electrons. The zero-order chi connectivity index (χ0) is 21.1. The Morgan fingerprint density at radius 1 is 1.07 bits per heavy atom. The van der Waals surface area contributed by atoms with Gasteiger partial charge in [0.2, 0.25) is 6.29 Å². The van der Waals surface area contributed by atoms with Crippen LogP contribution in [-0.4, -0.2) is 45.3 Å². The largest absolute Gasteiger partial charge is 0.434 e. The van der Waals surface area contributed by atoms with Gasteiger partial charge in [-0.15, -0.1) is 0 Å². The third kappa shape index (κ3) is 4.61. The first-order valence-electron chi connectivity index (χ1n) is 10.1. The summed E-state index contributed by atoms with van der Waals surface area (Å²) in [5.74, 6) is -0.336. The molecule has 29 heavy (non-hydrogen) atoms. The lowest BCUT2D eigenvalue weighted by Crippen LogP contribution is -2.67. The molecule has 2 aromatic rings. The number of hydrogen-bond acceptors (Lipinski definition) is 5. The van der Waals surface area contributed by atoms with E-state index in [9.17, 15) is 4.79 Å². The molecule has 1 saturated heterocycles. The molecule has 2 aromatic carbocycles. The van der Waals surface area contributed by atoms with Crippen molar-refractivity contribution in [2.75, 3.05) is 13.7 Å². The molecule has 0 spiro atoms. The molecule has 1 aliphatic heterocycles. The van der Waals surface area contributed by atoms with Gasteiger partial charge in [-0.25, -0.2) is 0 Å². The fraction of sp³-hybridized carbons (Fsp3) is 0.435. The van der Waals surface area contributed by atoms with E-state index in [2.05, 4.69) is 69.3 Å². The Balaban J connectivity index is 1.93. The van der Waals surface area contributed by atoms with Crippen LogP contribution in [0, 0.1) is 0 Å². The van der Waals surface area contributed by atoms with E-state index in [0.717, 1.165) is 0 Å². The van der Waals surface area contributed by atoms with Gasteiger partial charge in [-0.05, 0) is 15.4 Å². The minimum absolute atomic E-state index is 0.0148. The highest BCUT2D eigenvalue weighted by Gasteiger charge is 2.51. The molecule has 2 atom stereocenters. The van der Waals surface area contributed by atoms with Crippen LogP contribution in [-0.2, 0) is 18.8 Å². The average Bonchev–Trinajstić information content (AvgIpc) is 3.01. The molecular formula is C23H31NO4Si. The first kappa shape index (κ1) is 21.7. The van der Waals surface area contributed by atoms with Crippen LogP contribution in [0.25, 0.3) is 0 Å². The molecule has 0 amide bonds. The molecule has 1 heterocycles. The van der Waals surface area contributed by atoms with E-state index >= 15 is 0 Å². The summed E-state index contributed by atoms with van der Waals surface area (Å²) in [5, 5.41) is 4.17. The van der Waals surface area contributed by atoms with Crippen molar-refractivity contribution in [1.82, 2.24) is 5.06 Å². The minimum atomic E-state index is -2.59. The second kappa shape index (κ2) is 8.79. The minimum Gasteiger partial charge on any atom is -0.434 e. The summed E-state index contributed by atoms with van der Waals surface area (Å²) < 4.78 is 12.2. The summed E-state index contributed by atoms with van der Waals surface area (Å²) in [7, 11) is -0.726. The molecule has 0 saturated carbocycles. The number of nitrogens with zero attached hydrogens (tertiary/aromatic N) is 1. The highest BCUT2D eigenvalue weighted by Crippen LogP contribution is 2.37. The standard InChI is InChI=1S/C23H31NO4Si/c1-18(25)27-22-16-19(24(5)28-22)17-26-29(23(2,3)4,20-12-8-6-9-13-20)21-14-10-7-11-15-21/h6-15,19,22H,16-17H2,1-5H3/t19-,22+/m0/s1. The van der Waals surface area contributed by atoms with Gasteiger partial charge in [0.1, 0.15) is 0 Å². The van der Waals surface area contributed by atoms with Crippen molar-refractivity contribution in [2.45, 2.75) is 51.5 Å². The van der Waals surface area contributed by atoms with Crippen molar-refractivity contribution in [1.29, 1.82) is 0 Å². The number of rotatable bonds is 6. The van der Waals surface area contributed by atoms with E-state index in [1.54, 1.807) is 5.06 Å². The predicted octanol–water partition coefficient (Wildman–Crippen LogP) is 3.09. The fourth-order valence-corrected chi connectivity index (χ4v) is 8.69. The number of carbonyl (C=O) groups is 1. The SMILES string of the molecule is CC(=O)O[C@H]1C[C@@H](CO[Si](c2ccccc2)(c2ccccc2)C(C)(C)C)N(C)O1. The summed E-state index contributed by atoms with van der Waals surface area (Å²) in [4.78, 5) is 17.0. The fourth-order valence-electron chi connectivity index (χ4n) is 4.10. The van der Waals surface area contributed by atoms with Crippen LogP contribution < -0.4 is 10.4 Å². The highest BCUT2D eigenvalue weighted by molar-refractivity contribution is 6.99. The van der Waals surface area contributed by atoms with E-state index < -0.39 is 14.6 Å². The molecule has 0 bridgehead atoms. The van der Waals surface area contributed by atoms with E-state index in [1.807, 2.05) is 19.2 Å². The van der Waals surface area contributed by atoms with Gasteiger partial charge in [-0.2, -0.15) is 5.06 Å². The van der Waals surface area contributed by atoms with Crippen LogP contribution in [0.15, 0.2) is 60.7 Å². The van der Waals surface area contributed by atoms with Crippen LogP contribution in [0.3, 0.4) is 0 Å². The first-order chi connectivity index (χ1) is 13.7. The topological polar surface area (TPSA) is 48.0 Å². The quantitative estimate of drug-likeness (QED) is 0.538. The van der Waals surface area contributed by atoms with Gasteiger partial charge in [0.25, 0.3) is 8.32 Å². The molecule has 6 heteroatoms. The number of esters is 1. The Hall–Kier alpha value is -1.99. The maximum atomic E-state index is 11.3. The number of hydrogen-bond donors (Lipinski definition) is 0. The zero-order valence-corrected chi connectivity index (χ0v) is 18.9. The maximum Gasteiger partial charge on any atom is 0.304 e. The molecule has 156 valence electrons. The summed E-state index contributed by atoms with van der Waals surface area (Å²) in [6, 6.07) is 21.1. The van der Waals surface area contributed by atoms with Crippen molar-refractivity contribution in [3.8, 4) is 0 Å². The third-order valence-corrected chi connectivity index (χ3v) is 10.5. The number of ether oxygens (including phenoxy) is 1. The van der Waals surface area contributed by atoms with Crippen LogP contribution in [0.2, 0.25) is 5.04 Å². The second-order valence-corrected chi connectivity index (χ2v) is 12.9. The number of likely N-dealkylation sites (N-methyl/N-ethyl adjacent to an activating group) is 1. The Morgan fingerprint density at radius 3 is 2.03 bits per heavy atom. The molecule has 0 N–H and O–H groups in total. The van der Waals surface area contributed by atoms with Crippen molar-refractivity contribution in [3.05, 3.63) is 60.7 Å². The predicted molar refractivity (Wildman–Crippen MR) is 116 cm³/mol. The summed E-state index contributed by atoms with van der Waals surface area (Å²) >= 11 is 0. The van der Waals surface area contributed by atoms with Gasteiger partial charge in [0.15, 0.2) is 0 Å². The van der Waals surface area contributed by atoms with Crippen LogP contribution in [0.1, 0.15) is 34.1 Å². The van der Waals surface area contributed by atoms with Crippen LogP contribution >= 0.6 is 0 Å². The van der Waals surface area contributed by atoms with Crippen molar-refractivity contribution in [3.63, 3.8) is 0 Å². The molecule has 3 rings (SSSR count). The lowest BCUT2D eigenvalue weighted by atomic mass is 10.2. The average molecular weight is 414 g/mol. The van der Waals surface area contributed by atoms with Crippen LogP contribution in [0.4, 0.5) is 0 Å². The molecule has 0 aromatic heterocycles. The smallest absolute Gasteiger partial charge is 0.304 e. The highest BCUT2D eigenvalue weighted by atomic mass is 28.4. The summed E-state index contributed by atoms with van der Waals surface area (Å²) in [5.41, 5.74) is 0. The summed E-state index contributed by atoms with van der Waals surface area (Å²) in [6.45, 7) is 8.68. The number of carbonyl (C=O) groups excluding carboxylic acids is 1. The normalized spacial score (nSPS) is 20.6. The molecule has 5 nitrogen and oxygen atoms in total. The molecule has 1 aliphatic rings. The third-order valence-electron chi connectivity index (χ3n) is 5.47. The Kier molecular flexibility index (Phi) is 6.58. The molecule has 0 aliphatic carbocycles. The molecule has 1 fully saturated rings. The van der Waals surface area contributed by atoms with Gasteiger partial charge in [-0.1, -0.05) is 81.4 Å². The van der Waals surface area contributed by atoms with Crippen LogP contribution in [0.5, 0.6) is 0 Å². The second-order valence-electron chi connectivity index (χ2n) is 8.55. The Morgan fingerprint density at radius 2 is 1.59 bits per heavy atom. The zero-order valence-electron chi connectivity index (χ0n) is 17.9. The lowest BCUT2D eigenvalue weighted by Gasteiger charge is -2.43. The van der Waals surface area contributed by atoms with E-state index in [4.69, 9.17) is 14.0 Å². The van der Waals surface area contributed by atoms with Gasteiger partial charge in [-0.3, -0.25) is 9.63 Å². The van der Waals surface area contributed by atoms with Gasteiger partial charge >= 0.3 is 5.97 Å². The van der Waals surface area contributed by atoms with Crippen molar-refractivity contribution < 1.29 is 18.8 Å². The maximum absolute atomic E-state index is 11.3. The van der Waals surface area contributed by atoms with Crippen molar-refractivity contribution >= 4 is 24.7 Å². The van der Waals surface area contributed by atoms with E-state index in [-0.39, 0.29) is 17.0 Å². The molecular weight excluding hydrogens is 382 g/mol.